The van der Waals surface area contributed by atoms with Crippen molar-refractivity contribution in [2.24, 2.45) is 0 Å². The smallest absolute Gasteiger partial charge is 0.406 e. The second kappa shape index (κ2) is 10.3. The number of carbonyl (C=O) groups is 1. The summed E-state index contributed by atoms with van der Waals surface area (Å²) in [5, 5.41) is 3.13. The van der Waals surface area contributed by atoms with Gasteiger partial charge in [-0.15, -0.1) is 0 Å². The van der Waals surface area contributed by atoms with Crippen molar-refractivity contribution in [3.63, 3.8) is 0 Å². The highest BCUT2D eigenvalue weighted by Gasteiger charge is 2.39. The predicted octanol–water partition coefficient (Wildman–Crippen LogP) is 4.58. The fourth-order valence-corrected chi connectivity index (χ4v) is 4.85. The van der Waals surface area contributed by atoms with E-state index in [1.165, 1.54) is 6.20 Å². The van der Waals surface area contributed by atoms with Crippen LogP contribution in [0.15, 0.2) is 42.6 Å². The lowest BCUT2D eigenvalue weighted by atomic mass is 10.1. The van der Waals surface area contributed by atoms with Crippen molar-refractivity contribution in [1.82, 2.24) is 14.9 Å². The van der Waals surface area contributed by atoms with Crippen molar-refractivity contribution >= 4 is 40.4 Å². The first kappa shape index (κ1) is 26.5. The number of halogens is 3. The van der Waals surface area contributed by atoms with Crippen LogP contribution in [0.1, 0.15) is 15.9 Å². The van der Waals surface area contributed by atoms with Gasteiger partial charge in [0.1, 0.15) is 18.0 Å². The molecule has 1 saturated heterocycles. The lowest BCUT2D eigenvalue weighted by Gasteiger charge is -2.34. The van der Waals surface area contributed by atoms with Crippen LogP contribution in [0.3, 0.4) is 0 Å². The van der Waals surface area contributed by atoms with Gasteiger partial charge in [-0.25, -0.2) is 4.98 Å². The fraction of sp³-hybridized carbons (Fsp3) is 0.370. The number of nitrogens with one attached hydrogen (secondary N) is 1. The van der Waals surface area contributed by atoms with Crippen LogP contribution in [0.4, 0.5) is 47.7 Å². The van der Waals surface area contributed by atoms with Crippen LogP contribution in [0.5, 0.6) is 5.75 Å². The van der Waals surface area contributed by atoms with E-state index in [2.05, 4.69) is 32.1 Å². The highest BCUT2D eigenvalue weighted by Crippen LogP contribution is 2.41. The number of methoxy groups -OCH3 is 1. The molecule has 1 N–H and O–H groups in total. The zero-order chi connectivity index (χ0) is 27.9. The summed E-state index contributed by atoms with van der Waals surface area (Å²) in [7, 11) is 5.33. The van der Waals surface area contributed by atoms with Gasteiger partial charge in [0.2, 0.25) is 5.95 Å². The van der Waals surface area contributed by atoms with E-state index in [1.807, 2.05) is 18.2 Å². The van der Waals surface area contributed by atoms with E-state index in [4.69, 9.17) is 4.74 Å². The second-order valence-corrected chi connectivity index (χ2v) is 9.79. The number of hydrogen-bond donors (Lipinski definition) is 1. The molecule has 3 aromatic rings. The van der Waals surface area contributed by atoms with Crippen molar-refractivity contribution < 1.29 is 22.7 Å². The summed E-state index contributed by atoms with van der Waals surface area (Å²) in [4.78, 5) is 29.0. The molecule has 0 saturated carbocycles. The van der Waals surface area contributed by atoms with Crippen molar-refractivity contribution in [2.45, 2.75) is 13.1 Å². The van der Waals surface area contributed by atoms with E-state index in [0.29, 0.717) is 22.0 Å². The van der Waals surface area contributed by atoms with Crippen LogP contribution in [-0.2, 0) is 0 Å². The number of alkyl halides is 3. The minimum absolute atomic E-state index is 0.0309. The Labute approximate surface area is 224 Å². The molecule has 9 nitrogen and oxygen atoms in total. The Hall–Kier alpha value is -4.06. The number of fused-ring (bicyclic) bond motifs is 2. The Bertz CT molecular complexity index is 1390. The fourth-order valence-electron chi connectivity index (χ4n) is 4.85. The molecular formula is C27H30F3N7O2. The first-order valence-corrected chi connectivity index (χ1v) is 12.5. The van der Waals surface area contributed by atoms with Gasteiger partial charge in [0.05, 0.1) is 30.2 Å². The summed E-state index contributed by atoms with van der Waals surface area (Å²) in [5.74, 6) is 0.136. The molecule has 206 valence electrons. The van der Waals surface area contributed by atoms with Gasteiger partial charge in [-0.05, 0) is 38.2 Å². The minimum Gasteiger partial charge on any atom is -0.494 e. The van der Waals surface area contributed by atoms with E-state index in [9.17, 15) is 18.0 Å². The van der Waals surface area contributed by atoms with Crippen LogP contribution < -0.4 is 24.8 Å². The summed E-state index contributed by atoms with van der Waals surface area (Å²) in [6.45, 7) is 4.06. The van der Waals surface area contributed by atoms with Crippen LogP contribution in [0.2, 0.25) is 0 Å². The van der Waals surface area contributed by atoms with E-state index in [1.54, 1.807) is 44.2 Å². The topological polar surface area (TPSA) is 77.1 Å². The Morgan fingerprint density at radius 1 is 1.03 bits per heavy atom. The summed E-state index contributed by atoms with van der Waals surface area (Å²) in [6, 6.07) is 10.9. The molecular weight excluding hydrogens is 511 g/mol. The van der Waals surface area contributed by atoms with Crippen molar-refractivity contribution in [3.8, 4) is 5.75 Å². The molecule has 39 heavy (non-hydrogen) atoms. The number of nitrogens with zero attached hydrogens (tertiary/aromatic N) is 6. The largest absolute Gasteiger partial charge is 0.494 e. The molecule has 0 atom stereocenters. The molecule has 2 aliphatic heterocycles. The van der Waals surface area contributed by atoms with E-state index in [-0.39, 0.29) is 23.0 Å². The van der Waals surface area contributed by atoms with Gasteiger partial charge in [-0.2, -0.15) is 18.2 Å². The Balaban J connectivity index is 1.50. The van der Waals surface area contributed by atoms with Gasteiger partial charge in [-0.1, -0.05) is 11.6 Å². The molecule has 0 radical (unpaired) electrons. The number of aromatic nitrogens is 2. The summed E-state index contributed by atoms with van der Waals surface area (Å²) < 4.78 is 46.3. The molecule has 2 aliphatic rings. The molecule has 12 heteroatoms. The molecule has 2 aromatic carbocycles. The summed E-state index contributed by atoms with van der Waals surface area (Å²) in [6.07, 6.45) is -3.37. The molecule has 0 aliphatic carbocycles. The summed E-state index contributed by atoms with van der Waals surface area (Å²) in [5.41, 5.74) is 2.98. The molecule has 1 aromatic heterocycles. The molecule has 1 amide bonds. The monoisotopic (exact) mass is 541 g/mol. The maximum atomic E-state index is 13.5. The van der Waals surface area contributed by atoms with Crippen molar-refractivity contribution in [1.29, 1.82) is 0 Å². The second-order valence-electron chi connectivity index (χ2n) is 9.79. The Morgan fingerprint density at radius 2 is 1.77 bits per heavy atom. The maximum Gasteiger partial charge on any atom is 0.406 e. The zero-order valence-corrected chi connectivity index (χ0v) is 22.2. The predicted molar refractivity (Wildman–Crippen MR) is 145 cm³/mol. The third-order valence-corrected chi connectivity index (χ3v) is 6.98. The number of rotatable bonds is 5. The van der Waals surface area contributed by atoms with Crippen LogP contribution in [0.25, 0.3) is 0 Å². The van der Waals surface area contributed by atoms with Crippen LogP contribution in [-0.4, -0.2) is 80.9 Å². The van der Waals surface area contributed by atoms with E-state index in [0.717, 1.165) is 37.4 Å². The van der Waals surface area contributed by atoms with Crippen molar-refractivity contribution in [2.75, 3.05) is 73.9 Å². The number of piperazine rings is 1. The Kier molecular flexibility index (Phi) is 6.98. The Morgan fingerprint density at radius 3 is 2.46 bits per heavy atom. The molecule has 0 unspecified atom stereocenters. The SMILES string of the molecule is COc1cc(N2CCN(C)CC2)ccc1Nc1ncc2c(n1)N(C)c1ccc(C)cc1C(=O)N2CC(F)(F)F. The maximum absolute atomic E-state index is 13.5. The first-order valence-electron chi connectivity index (χ1n) is 12.5. The van der Waals surface area contributed by atoms with E-state index >= 15 is 0 Å². The molecule has 1 fully saturated rings. The number of amides is 1. The van der Waals surface area contributed by atoms with Gasteiger partial charge in [0.25, 0.3) is 5.91 Å². The number of anilines is 6. The molecule has 5 rings (SSSR count). The number of hydrogen-bond acceptors (Lipinski definition) is 8. The summed E-state index contributed by atoms with van der Waals surface area (Å²) >= 11 is 0. The van der Waals surface area contributed by atoms with Crippen LogP contribution in [0, 0.1) is 6.92 Å². The van der Waals surface area contributed by atoms with Crippen molar-refractivity contribution in [3.05, 3.63) is 53.7 Å². The first-order chi connectivity index (χ1) is 18.5. The number of benzene rings is 2. The van der Waals surface area contributed by atoms with Gasteiger partial charge in [0.15, 0.2) is 5.82 Å². The highest BCUT2D eigenvalue weighted by atomic mass is 19.4. The van der Waals surface area contributed by atoms with Crippen LogP contribution >= 0.6 is 0 Å². The van der Waals surface area contributed by atoms with E-state index < -0.39 is 18.6 Å². The molecule has 3 heterocycles. The van der Waals surface area contributed by atoms with Gasteiger partial charge >= 0.3 is 6.18 Å². The number of ether oxygens (including phenoxy) is 1. The standard InChI is InChI=1S/C27H30F3N7O2/c1-17-5-8-21-19(13-17)25(38)37(16-27(28,29)30)22-15-31-26(33-24(22)35(21)3)32-20-7-6-18(14-23(20)39-4)36-11-9-34(2)10-12-36/h5-8,13-15H,9-12,16H2,1-4H3,(H,31,32,33). The number of carbonyl (C=O) groups excluding carboxylic acids is 1. The van der Waals surface area contributed by atoms with Gasteiger partial charge in [0, 0.05) is 45.0 Å². The highest BCUT2D eigenvalue weighted by molar-refractivity contribution is 6.13. The average Bonchev–Trinajstić information content (AvgIpc) is 2.98. The molecule has 0 bridgehead atoms. The molecule has 0 spiro atoms. The van der Waals surface area contributed by atoms with Gasteiger partial charge in [-0.3, -0.25) is 9.69 Å². The number of likely N-dealkylation sites (N-methyl/N-ethyl adjacent to an activating group) is 1. The third kappa shape index (κ3) is 5.42. The average molecular weight is 542 g/mol. The lowest BCUT2D eigenvalue weighted by molar-refractivity contribution is -0.118. The quantitative estimate of drug-likeness (QED) is 0.503. The zero-order valence-electron chi connectivity index (χ0n) is 22.2. The normalized spacial score (nSPS) is 16.1. The number of aryl methyl sites for hydroxylation is 1. The minimum atomic E-state index is -4.62. The third-order valence-electron chi connectivity index (χ3n) is 6.98. The van der Waals surface area contributed by atoms with Gasteiger partial charge < -0.3 is 24.8 Å². The lowest BCUT2D eigenvalue weighted by Crippen LogP contribution is -2.44.